The summed E-state index contributed by atoms with van der Waals surface area (Å²) in [5, 5.41) is 12.7. The molecule has 0 aromatic heterocycles. The average Bonchev–Trinajstić information content (AvgIpc) is 2.46. The second kappa shape index (κ2) is 13.3. The highest BCUT2D eigenvalue weighted by molar-refractivity contribution is 5.83. The van der Waals surface area contributed by atoms with Crippen molar-refractivity contribution in [1.29, 1.82) is 0 Å². The maximum atomic E-state index is 11.6. The smallest absolute Gasteiger partial charge is 0.222 e. The van der Waals surface area contributed by atoms with Gasteiger partial charge in [0.15, 0.2) is 0 Å². The van der Waals surface area contributed by atoms with Gasteiger partial charge in [0, 0.05) is 12.8 Å². The van der Waals surface area contributed by atoms with Crippen LogP contribution in [0.3, 0.4) is 0 Å². The maximum absolute atomic E-state index is 11.6. The zero-order valence-corrected chi connectivity index (χ0v) is 15.0. The highest BCUT2D eigenvalue weighted by Gasteiger charge is 2.21. The van der Waals surface area contributed by atoms with Gasteiger partial charge < -0.3 is 16.2 Å². The Labute approximate surface area is 141 Å². The van der Waals surface area contributed by atoms with Gasteiger partial charge in [-0.1, -0.05) is 64.7 Å². The average molecular weight is 328 g/mol. The second-order valence-electron chi connectivity index (χ2n) is 6.72. The first kappa shape index (κ1) is 21.9. The van der Waals surface area contributed by atoms with Crippen molar-refractivity contribution in [2.24, 2.45) is 5.73 Å². The lowest BCUT2D eigenvalue weighted by Gasteiger charge is -2.24. The van der Waals surface area contributed by atoms with Crippen LogP contribution in [0.2, 0.25) is 0 Å². The second-order valence-corrected chi connectivity index (χ2v) is 6.72. The summed E-state index contributed by atoms with van der Waals surface area (Å²) in [6.45, 7) is 3.83. The molecule has 1 unspecified atom stereocenters. The van der Waals surface area contributed by atoms with Crippen LogP contribution < -0.4 is 11.1 Å². The van der Waals surface area contributed by atoms with E-state index < -0.39 is 11.6 Å². The van der Waals surface area contributed by atoms with Crippen molar-refractivity contribution in [2.45, 2.75) is 103 Å². The van der Waals surface area contributed by atoms with Crippen LogP contribution >= 0.6 is 0 Å². The zero-order chi connectivity index (χ0) is 17.6. The van der Waals surface area contributed by atoms with Crippen molar-refractivity contribution in [2.75, 3.05) is 0 Å². The van der Waals surface area contributed by atoms with Gasteiger partial charge in [0.05, 0.1) is 0 Å². The van der Waals surface area contributed by atoms with E-state index >= 15 is 0 Å². The predicted molar refractivity (Wildman–Crippen MR) is 93.7 cm³/mol. The molecule has 0 rings (SSSR count). The quantitative estimate of drug-likeness (QED) is 0.318. The van der Waals surface area contributed by atoms with Crippen molar-refractivity contribution in [3.8, 4) is 0 Å². The van der Waals surface area contributed by atoms with Crippen LogP contribution in [0.25, 0.3) is 0 Å². The number of amides is 2. The number of carbonyl (C=O) groups is 2. The summed E-state index contributed by atoms with van der Waals surface area (Å²) >= 11 is 0. The molecule has 0 radical (unpaired) electrons. The van der Waals surface area contributed by atoms with Crippen LogP contribution in [0.5, 0.6) is 0 Å². The van der Waals surface area contributed by atoms with Gasteiger partial charge >= 0.3 is 0 Å². The molecule has 0 saturated heterocycles. The lowest BCUT2D eigenvalue weighted by molar-refractivity contribution is -0.130. The molecule has 0 aromatic carbocycles. The zero-order valence-electron chi connectivity index (χ0n) is 15.0. The summed E-state index contributed by atoms with van der Waals surface area (Å²) < 4.78 is 0. The van der Waals surface area contributed by atoms with Gasteiger partial charge in [-0.3, -0.25) is 9.59 Å². The lowest BCUT2D eigenvalue weighted by Crippen LogP contribution is -2.46. The van der Waals surface area contributed by atoms with Crippen molar-refractivity contribution < 1.29 is 14.7 Å². The number of nitrogens with two attached hydrogens (primary N) is 1. The first-order chi connectivity index (χ1) is 10.9. The minimum Gasteiger partial charge on any atom is -0.371 e. The number of aliphatic hydroxyl groups is 1. The molecule has 0 aliphatic heterocycles. The molecule has 2 amide bonds. The highest BCUT2D eigenvalue weighted by Crippen LogP contribution is 2.15. The number of rotatable bonds is 15. The largest absolute Gasteiger partial charge is 0.371 e. The van der Waals surface area contributed by atoms with E-state index in [0.717, 1.165) is 12.8 Å². The summed E-state index contributed by atoms with van der Waals surface area (Å²) in [5.74, 6) is -0.838. The molecule has 0 saturated carbocycles. The summed E-state index contributed by atoms with van der Waals surface area (Å²) in [6.07, 6.45) is 12.9. The molecule has 0 aliphatic carbocycles. The van der Waals surface area contributed by atoms with Gasteiger partial charge in [-0.25, -0.2) is 0 Å². The monoisotopic (exact) mass is 328 g/mol. The molecule has 5 nitrogen and oxygen atoms in total. The van der Waals surface area contributed by atoms with E-state index in [4.69, 9.17) is 5.73 Å². The van der Waals surface area contributed by atoms with E-state index in [9.17, 15) is 14.7 Å². The molecule has 0 bridgehead atoms. The minimum absolute atomic E-state index is 0.0141. The molecule has 0 aliphatic rings. The van der Waals surface area contributed by atoms with Crippen molar-refractivity contribution in [3.05, 3.63) is 0 Å². The summed E-state index contributed by atoms with van der Waals surface area (Å²) in [5.41, 5.74) is 3.80. The van der Waals surface area contributed by atoms with Gasteiger partial charge in [0.2, 0.25) is 11.8 Å². The SMILES string of the molecule is CCCCCCCCCCCCC(C)(O)NC(=O)CCC(N)=O. The van der Waals surface area contributed by atoms with Crippen LogP contribution in [0.4, 0.5) is 0 Å². The van der Waals surface area contributed by atoms with E-state index in [1.54, 1.807) is 6.92 Å². The summed E-state index contributed by atoms with van der Waals surface area (Å²) in [4.78, 5) is 22.2. The van der Waals surface area contributed by atoms with Gasteiger partial charge in [0.1, 0.15) is 5.72 Å². The van der Waals surface area contributed by atoms with Gasteiger partial charge in [-0.05, 0) is 19.8 Å². The molecular formula is C18H36N2O3. The molecule has 136 valence electrons. The third kappa shape index (κ3) is 15.6. The Morgan fingerprint density at radius 2 is 1.39 bits per heavy atom. The van der Waals surface area contributed by atoms with E-state index in [-0.39, 0.29) is 18.7 Å². The number of unbranched alkanes of at least 4 members (excludes halogenated alkanes) is 9. The van der Waals surface area contributed by atoms with Crippen molar-refractivity contribution in [3.63, 3.8) is 0 Å². The molecule has 0 fully saturated rings. The number of hydrogen-bond acceptors (Lipinski definition) is 3. The Bertz CT molecular complexity index is 330. The highest BCUT2D eigenvalue weighted by atomic mass is 16.3. The van der Waals surface area contributed by atoms with Gasteiger partial charge in [-0.2, -0.15) is 0 Å². The van der Waals surface area contributed by atoms with Crippen LogP contribution in [-0.4, -0.2) is 22.6 Å². The van der Waals surface area contributed by atoms with Crippen LogP contribution in [-0.2, 0) is 9.59 Å². The standard InChI is InChI=1S/C18H36N2O3/c1-3-4-5-6-7-8-9-10-11-12-15-18(2,23)20-17(22)14-13-16(19)21/h23H,3-15H2,1-2H3,(H2,19,21)(H,20,22). The molecule has 23 heavy (non-hydrogen) atoms. The Morgan fingerprint density at radius 1 is 0.913 bits per heavy atom. The third-order valence-corrected chi connectivity index (χ3v) is 4.02. The number of hydrogen-bond donors (Lipinski definition) is 3. The first-order valence-electron chi connectivity index (χ1n) is 9.19. The van der Waals surface area contributed by atoms with Crippen LogP contribution in [0, 0.1) is 0 Å². The van der Waals surface area contributed by atoms with E-state index in [2.05, 4.69) is 12.2 Å². The first-order valence-corrected chi connectivity index (χ1v) is 9.19. The molecular weight excluding hydrogens is 292 g/mol. The van der Waals surface area contributed by atoms with Gasteiger partial charge in [-0.15, -0.1) is 0 Å². The van der Waals surface area contributed by atoms with E-state index in [0.29, 0.717) is 6.42 Å². The van der Waals surface area contributed by atoms with Crippen LogP contribution in [0.1, 0.15) is 97.3 Å². The van der Waals surface area contributed by atoms with E-state index in [1.165, 1.54) is 51.4 Å². The number of primary amides is 1. The number of carbonyl (C=O) groups excluding carboxylic acids is 2. The topological polar surface area (TPSA) is 92.4 Å². The summed E-state index contributed by atoms with van der Waals surface area (Å²) in [6, 6.07) is 0. The minimum atomic E-state index is -1.20. The Hall–Kier alpha value is -1.10. The summed E-state index contributed by atoms with van der Waals surface area (Å²) in [7, 11) is 0. The fraction of sp³-hybridized carbons (Fsp3) is 0.889. The molecule has 5 heteroatoms. The fourth-order valence-electron chi connectivity index (χ4n) is 2.62. The van der Waals surface area contributed by atoms with Crippen molar-refractivity contribution in [1.82, 2.24) is 5.32 Å². The Kier molecular flexibility index (Phi) is 12.7. The number of nitrogens with one attached hydrogen (secondary N) is 1. The Morgan fingerprint density at radius 3 is 1.87 bits per heavy atom. The third-order valence-electron chi connectivity index (χ3n) is 4.02. The molecule has 0 spiro atoms. The molecule has 4 N–H and O–H groups in total. The molecule has 1 atom stereocenters. The maximum Gasteiger partial charge on any atom is 0.222 e. The fourth-order valence-corrected chi connectivity index (χ4v) is 2.62. The normalized spacial score (nSPS) is 13.5. The van der Waals surface area contributed by atoms with Crippen molar-refractivity contribution >= 4 is 11.8 Å². The van der Waals surface area contributed by atoms with Crippen LogP contribution in [0.15, 0.2) is 0 Å². The Balaban J connectivity index is 3.54. The lowest BCUT2D eigenvalue weighted by atomic mass is 10.0. The van der Waals surface area contributed by atoms with Gasteiger partial charge in [0.25, 0.3) is 0 Å². The predicted octanol–water partition coefficient (Wildman–Crippen LogP) is 3.39. The van der Waals surface area contributed by atoms with E-state index in [1.807, 2.05) is 0 Å². The molecule has 0 aromatic rings. The molecule has 0 heterocycles.